The number of pyridine rings is 2. The van der Waals surface area contributed by atoms with Gasteiger partial charge >= 0.3 is 0 Å². The first-order valence-corrected chi connectivity index (χ1v) is 7.39. The van der Waals surface area contributed by atoms with Crippen molar-refractivity contribution in [3.8, 4) is 0 Å². The third-order valence-corrected chi connectivity index (χ3v) is 3.72. The molecular weight excluding hydrogens is 272 g/mol. The van der Waals surface area contributed by atoms with Gasteiger partial charge in [-0.15, -0.1) is 11.8 Å². The molecule has 0 saturated heterocycles. The van der Waals surface area contributed by atoms with E-state index in [4.69, 9.17) is 0 Å². The van der Waals surface area contributed by atoms with Crippen LogP contribution in [0.1, 0.15) is 28.4 Å². The van der Waals surface area contributed by atoms with Gasteiger partial charge in [-0.1, -0.05) is 6.92 Å². The second kappa shape index (κ2) is 6.52. The molecule has 0 fully saturated rings. The van der Waals surface area contributed by atoms with E-state index >= 15 is 0 Å². The van der Waals surface area contributed by atoms with Gasteiger partial charge in [0, 0.05) is 24.4 Å². The zero-order valence-corrected chi connectivity index (χ0v) is 12.3. The summed E-state index contributed by atoms with van der Waals surface area (Å²) in [6.45, 7) is 3.89. The summed E-state index contributed by atoms with van der Waals surface area (Å²) < 4.78 is 0. The highest BCUT2D eigenvalue weighted by molar-refractivity contribution is 7.99. The van der Waals surface area contributed by atoms with Crippen LogP contribution in [0.3, 0.4) is 0 Å². The minimum Gasteiger partial charge on any atom is -0.329 e. The van der Waals surface area contributed by atoms with Crippen LogP contribution in [0.4, 0.5) is 0 Å². The van der Waals surface area contributed by atoms with E-state index in [1.807, 2.05) is 13.8 Å². The van der Waals surface area contributed by atoms with Gasteiger partial charge in [0.15, 0.2) is 5.78 Å². The quantitative estimate of drug-likeness (QED) is 0.678. The highest BCUT2D eigenvalue weighted by Gasteiger charge is 2.14. The molecule has 104 valence electrons. The van der Waals surface area contributed by atoms with Gasteiger partial charge in [0.05, 0.1) is 5.56 Å². The molecule has 0 aliphatic heterocycles. The molecule has 4 nitrogen and oxygen atoms in total. The molecule has 2 heterocycles. The molecule has 0 aromatic carbocycles. The molecule has 0 saturated carbocycles. The van der Waals surface area contributed by atoms with Gasteiger partial charge in [-0.25, -0.2) is 4.98 Å². The zero-order valence-electron chi connectivity index (χ0n) is 11.5. The molecular formula is C15H16N2O2S. The highest BCUT2D eigenvalue weighted by Crippen LogP contribution is 2.20. The summed E-state index contributed by atoms with van der Waals surface area (Å²) in [5.74, 6) is 0.771. The van der Waals surface area contributed by atoms with Crippen LogP contribution in [0, 0.1) is 6.92 Å². The summed E-state index contributed by atoms with van der Waals surface area (Å²) in [6, 6.07) is 5.25. The van der Waals surface area contributed by atoms with Crippen LogP contribution >= 0.6 is 11.8 Å². The van der Waals surface area contributed by atoms with Gasteiger partial charge in [-0.2, -0.15) is 0 Å². The van der Waals surface area contributed by atoms with Crippen LogP contribution in [-0.2, 0) is 6.42 Å². The van der Waals surface area contributed by atoms with Crippen molar-refractivity contribution >= 4 is 17.5 Å². The van der Waals surface area contributed by atoms with Gasteiger partial charge in [0.1, 0.15) is 5.03 Å². The minimum atomic E-state index is -0.211. The fraction of sp³-hybridized carbons (Fsp3) is 0.267. The molecule has 2 aromatic rings. The average molecular weight is 288 g/mol. The number of hydrogen-bond acceptors (Lipinski definition) is 4. The highest BCUT2D eigenvalue weighted by atomic mass is 32.2. The average Bonchev–Trinajstić information content (AvgIpc) is 2.44. The number of thioether (sulfide) groups is 1. The predicted octanol–water partition coefficient (Wildman–Crippen LogP) is 2.62. The standard InChI is InChI=1S/C15H16N2O2S/c1-3-20-15-12(5-4-6-16-15)13(18)8-11-7-10(2)9-17-14(11)19/h4-7,9H,3,8H2,1-2H3,(H,17,19). The van der Waals surface area contributed by atoms with E-state index in [-0.39, 0.29) is 17.8 Å². The number of carbonyl (C=O) groups excluding carboxylic acids is 1. The van der Waals surface area contributed by atoms with Gasteiger partial charge in [0.2, 0.25) is 0 Å². The van der Waals surface area contributed by atoms with E-state index in [2.05, 4.69) is 9.97 Å². The Hall–Kier alpha value is -1.88. The predicted molar refractivity (Wildman–Crippen MR) is 80.5 cm³/mol. The van der Waals surface area contributed by atoms with Crippen LogP contribution in [0.2, 0.25) is 0 Å². The molecule has 0 aliphatic carbocycles. The monoisotopic (exact) mass is 288 g/mol. The normalized spacial score (nSPS) is 10.5. The van der Waals surface area contributed by atoms with E-state index < -0.39 is 0 Å². The van der Waals surface area contributed by atoms with E-state index in [1.165, 1.54) is 11.8 Å². The van der Waals surface area contributed by atoms with E-state index in [1.54, 1.807) is 30.6 Å². The Balaban J connectivity index is 2.28. The molecule has 1 N–H and O–H groups in total. The fourth-order valence-corrected chi connectivity index (χ4v) is 2.65. The summed E-state index contributed by atoms with van der Waals surface area (Å²) in [5.41, 5.74) is 1.80. The van der Waals surface area contributed by atoms with Crippen molar-refractivity contribution in [1.29, 1.82) is 0 Å². The summed E-state index contributed by atoms with van der Waals surface area (Å²) >= 11 is 1.53. The molecule has 0 unspecified atom stereocenters. The summed E-state index contributed by atoms with van der Waals surface area (Å²) in [4.78, 5) is 31.0. The van der Waals surface area contributed by atoms with E-state index in [0.717, 1.165) is 16.3 Å². The van der Waals surface area contributed by atoms with Gasteiger partial charge in [-0.05, 0) is 36.4 Å². The summed E-state index contributed by atoms with van der Waals surface area (Å²) in [7, 11) is 0. The van der Waals surface area contributed by atoms with Gasteiger partial charge in [-0.3, -0.25) is 9.59 Å². The van der Waals surface area contributed by atoms with E-state index in [0.29, 0.717) is 11.1 Å². The summed E-state index contributed by atoms with van der Waals surface area (Å²) in [6.07, 6.45) is 3.41. The number of aromatic amines is 1. The second-order valence-corrected chi connectivity index (χ2v) is 5.67. The molecule has 2 aromatic heterocycles. The number of Topliss-reactive ketones (excluding diaryl/α,β-unsaturated/α-hetero) is 1. The summed E-state index contributed by atoms with van der Waals surface area (Å²) in [5, 5.41) is 0.726. The van der Waals surface area contributed by atoms with Crippen LogP contribution in [0.15, 0.2) is 40.4 Å². The molecule has 0 bridgehead atoms. The Bertz CT molecular complexity index is 680. The first-order chi connectivity index (χ1) is 9.61. The number of aromatic nitrogens is 2. The maximum absolute atomic E-state index is 12.4. The lowest BCUT2D eigenvalue weighted by Crippen LogP contribution is -2.17. The SMILES string of the molecule is CCSc1ncccc1C(=O)Cc1cc(C)c[nH]c1=O. The first-order valence-electron chi connectivity index (χ1n) is 6.41. The Kier molecular flexibility index (Phi) is 4.74. The lowest BCUT2D eigenvalue weighted by molar-refractivity contribution is 0.0989. The lowest BCUT2D eigenvalue weighted by Gasteiger charge is -2.06. The first kappa shape index (κ1) is 14.5. The molecule has 0 aliphatic rings. The Morgan fingerprint density at radius 1 is 1.45 bits per heavy atom. The Morgan fingerprint density at radius 2 is 2.25 bits per heavy atom. The third-order valence-electron chi connectivity index (χ3n) is 2.83. The van der Waals surface area contributed by atoms with Crippen molar-refractivity contribution in [3.63, 3.8) is 0 Å². The number of ketones is 1. The number of H-pyrrole nitrogens is 1. The van der Waals surface area contributed by atoms with Crippen molar-refractivity contribution in [3.05, 3.63) is 57.6 Å². The van der Waals surface area contributed by atoms with Crippen molar-refractivity contribution in [2.45, 2.75) is 25.3 Å². The number of hydrogen-bond donors (Lipinski definition) is 1. The number of rotatable bonds is 5. The maximum atomic E-state index is 12.4. The molecule has 20 heavy (non-hydrogen) atoms. The maximum Gasteiger partial charge on any atom is 0.251 e. The topological polar surface area (TPSA) is 62.8 Å². The Labute approximate surface area is 121 Å². The van der Waals surface area contributed by atoms with Crippen LogP contribution in [0.5, 0.6) is 0 Å². The van der Waals surface area contributed by atoms with Gasteiger partial charge < -0.3 is 4.98 Å². The molecule has 5 heteroatoms. The molecule has 0 spiro atoms. The molecule has 0 atom stereocenters. The molecule has 0 amide bonds. The van der Waals surface area contributed by atoms with Crippen molar-refractivity contribution in [2.24, 2.45) is 0 Å². The second-order valence-electron chi connectivity index (χ2n) is 4.42. The van der Waals surface area contributed by atoms with Crippen molar-refractivity contribution < 1.29 is 4.79 Å². The Morgan fingerprint density at radius 3 is 3.00 bits per heavy atom. The fourth-order valence-electron chi connectivity index (χ4n) is 1.91. The van der Waals surface area contributed by atoms with Crippen LogP contribution in [-0.4, -0.2) is 21.5 Å². The molecule has 2 rings (SSSR count). The third kappa shape index (κ3) is 3.36. The van der Waals surface area contributed by atoms with Gasteiger partial charge in [0.25, 0.3) is 5.56 Å². The lowest BCUT2D eigenvalue weighted by atomic mass is 10.0. The number of aryl methyl sites for hydroxylation is 1. The minimum absolute atomic E-state index is 0.0786. The number of nitrogens with zero attached hydrogens (tertiary/aromatic N) is 1. The number of carbonyl (C=O) groups is 1. The molecule has 0 radical (unpaired) electrons. The van der Waals surface area contributed by atoms with E-state index in [9.17, 15) is 9.59 Å². The largest absolute Gasteiger partial charge is 0.329 e. The number of nitrogens with one attached hydrogen (secondary N) is 1. The smallest absolute Gasteiger partial charge is 0.251 e. The zero-order chi connectivity index (χ0) is 14.5. The van der Waals surface area contributed by atoms with Crippen molar-refractivity contribution in [1.82, 2.24) is 9.97 Å². The van der Waals surface area contributed by atoms with Crippen LogP contribution in [0.25, 0.3) is 0 Å². The van der Waals surface area contributed by atoms with Crippen molar-refractivity contribution in [2.75, 3.05) is 5.75 Å². The van der Waals surface area contributed by atoms with Crippen LogP contribution < -0.4 is 5.56 Å².